The highest BCUT2D eigenvalue weighted by atomic mass is 32.2. The fourth-order valence-corrected chi connectivity index (χ4v) is 6.66. The first kappa shape index (κ1) is 26.9. The molecule has 0 spiro atoms. The van der Waals surface area contributed by atoms with Crippen LogP contribution in [0.3, 0.4) is 0 Å². The quantitative estimate of drug-likeness (QED) is 0.199. The Balaban J connectivity index is 1.40. The minimum Gasteiger partial charge on any atom is -0.336 e. The van der Waals surface area contributed by atoms with E-state index in [-0.39, 0.29) is 23.5 Å². The van der Waals surface area contributed by atoms with Gasteiger partial charge < -0.3 is 9.88 Å². The molecule has 1 amide bonds. The summed E-state index contributed by atoms with van der Waals surface area (Å²) in [6.45, 7) is -0.321. The van der Waals surface area contributed by atoms with Gasteiger partial charge in [0.15, 0.2) is 5.78 Å². The number of nitrogens with one attached hydrogen (secondary N) is 1. The highest BCUT2D eigenvalue weighted by molar-refractivity contribution is 7.99. The number of amides is 1. The molecule has 1 atom stereocenters. The van der Waals surface area contributed by atoms with Crippen LogP contribution in [0.1, 0.15) is 32.6 Å². The van der Waals surface area contributed by atoms with Crippen molar-refractivity contribution in [2.45, 2.75) is 11.1 Å². The summed E-state index contributed by atoms with van der Waals surface area (Å²) in [6.07, 6.45) is 6.84. The third-order valence-corrected chi connectivity index (χ3v) is 8.93. The number of aromatic nitrogens is 3. The summed E-state index contributed by atoms with van der Waals surface area (Å²) < 4.78 is 48.1. The number of benzene rings is 2. The third-order valence-electron chi connectivity index (χ3n) is 6.95. The molecule has 0 aliphatic carbocycles. The van der Waals surface area contributed by atoms with Crippen LogP contribution < -0.4 is 5.32 Å². The lowest BCUT2D eigenvalue weighted by Gasteiger charge is -2.11. The molecular weight excluding hydrogens is 567 g/mol. The minimum atomic E-state index is -4.28. The highest BCUT2D eigenvalue weighted by Gasteiger charge is 2.30. The lowest BCUT2D eigenvalue weighted by atomic mass is 10.00. The van der Waals surface area contributed by atoms with Crippen LogP contribution in [-0.4, -0.2) is 51.2 Å². The molecule has 0 saturated heterocycles. The zero-order valence-electron chi connectivity index (χ0n) is 21.4. The van der Waals surface area contributed by atoms with Crippen molar-refractivity contribution in [3.8, 4) is 11.1 Å². The summed E-state index contributed by atoms with van der Waals surface area (Å²) >= 11 is 1.69. The summed E-state index contributed by atoms with van der Waals surface area (Å²) in [5, 5.41) is 3.00. The van der Waals surface area contributed by atoms with Crippen LogP contribution in [0, 0.1) is 5.82 Å². The molecule has 0 saturated carbocycles. The number of thioether (sulfide) groups is 1. The lowest BCUT2D eigenvalue weighted by molar-refractivity contribution is 0.103. The van der Waals surface area contributed by atoms with E-state index in [9.17, 15) is 22.4 Å². The standard InChI is InChI=1S/C29H23FN4O5S2/c30-21-6-3-18(4-7-21)19-5-8-22-24(16-34(25(22)14-19)29(36)32-11-13-41(37,38)39)27(35)23-9-12-33-26(23)17-40-28(33)20-2-1-10-31-15-20/h1-10,12,14-16,28H,11,13,17H2,(H,32,36)(H,37,38,39)/t28-/m1/s1. The van der Waals surface area contributed by atoms with Crippen LogP contribution in [0.4, 0.5) is 9.18 Å². The van der Waals surface area contributed by atoms with Crippen molar-refractivity contribution >= 4 is 44.6 Å². The van der Waals surface area contributed by atoms with Gasteiger partial charge in [-0.2, -0.15) is 8.42 Å². The van der Waals surface area contributed by atoms with Gasteiger partial charge in [-0.15, -0.1) is 11.8 Å². The number of hydrogen-bond donors (Lipinski definition) is 2. The maximum Gasteiger partial charge on any atom is 0.326 e. The van der Waals surface area contributed by atoms with Crippen molar-refractivity contribution in [1.82, 2.24) is 19.4 Å². The van der Waals surface area contributed by atoms with E-state index in [1.54, 1.807) is 60.6 Å². The molecule has 0 fully saturated rings. The zero-order valence-corrected chi connectivity index (χ0v) is 23.0. The first-order chi connectivity index (χ1) is 19.7. The van der Waals surface area contributed by atoms with E-state index < -0.39 is 21.9 Å². The SMILES string of the molecule is O=C(c1ccn2c1CS[C@@H]2c1cccnc1)c1cn(C(=O)NCCS(=O)(=O)O)c2cc(-c3ccc(F)cc3)ccc12. The van der Waals surface area contributed by atoms with E-state index in [1.807, 2.05) is 18.3 Å². The topological polar surface area (TPSA) is 123 Å². The zero-order chi connectivity index (χ0) is 28.7. The van der Waals surface area contributed by atoms with E-state index in [0.717, 1.165) is 11.3 Å². The molecular formula is C29H23FN4O5S2. The number of fused-ring (bicyclic) bond motifs is 2. The van der Waals surface area contributed by atoms with Gasteiger partial charge in [-0.3, -0.25) is 18.9 Å². The van der Waals surface area contributed by atoms with E-state index >= 15 is 0 Å². The molecule has 1 aliphatic heterocycles. The number of halogens is 1. The molecule has 0 radical (unpaired) electrons. The van der Waals surface area contributed by atoms with Crippen LogP contribution in [0.2, 0.25) is 0 Å². The summed E-state index contributed by atoms with van der Waals surface area (Å²) in [5.41, 5.74) is 4.55. The van der Waals surface area contributed by atoms with Gasteiger partial charge in [-0.05, 0) is 41.5 Å². The normalized spacial score (nSPS) is 14.7. The Morgan fingerprint density at radius 1 is 1.07 bits per heavy atom. The smallest absolute Gasteiger partial charge is 0.326 e. The second-order valence-corrected chi connectivity index (χ2v) is 12.2. The van der Waals surface area contributed by atoms with Crippen LogP contribution >= 0.6 is 11.8 Å². The Bertz CT molecular complexity index is 1900. The highest BCUT2D eigenvalue weighted by Crippen LogP contribution is 2.42. The Kier molecular flexibility index (Phi) is 6.98. The molecule has 0 unspecified atom stereocenters. The Labute approximate surface area is 238 Å². The number of carbonyl (C=O) groups is 2. The average molecular weight is 591 g/mol. The van der Waals surface area contributed by atoms with Crippen LogP contribution in [-0.2, 0) is 15.9 Å². The molecule has 12 heteroatoms. The lowest BCUT2D eigenvalue weighted by Crippen LogP contribution is -2.32. The van der Waals surface area contributed by atoms with E-state index in [2.05, 4.69) is 14.9 Å². The van der Waals surface area contributed by atoms with Gasteiger partial charge in [0.25, 0.3) is 10.1 Å². The predicted molar refractivity (Wildman–Crippen MR) is 154 cm³/mol. The number of rotatable bonds is 7. The molecule has 2 aromatic carbocycles. The van der Waals surface area contributed by atoms with Crippen molar-refractivity contribution in [1.29, 1.82) is 0 Å². The summed E-state index contributed by atoms with van der Waals surface area (Å²) in [7, 11) is -4.28. The van der Waals surface area contributed by atoms with Gasteiger partial charge >= 0.3 is 6.03 Å². The number of hydrogen-bond acceptors (Lipinski definition) is 6. The number of nitrogens with zero attached hydrogens (tertiary/aromatic N) is 3. The first-order valence-corrected chi connectivity index (χ1v) is 15.3. The molecule has 41 heavy (non-hydrogen) atoms. The molecule has 5 aromatic rings. The molecule has 208 valence electrons. The summed E-state index contributed by atoms with van der Waals surface area (Å²) in [6, 6.07) is 16.1. The second-order valence-electron chi connectivity index (χ2n) is 9.53. The van der Waals surface area contributed by atoms with Gasteiger partial charge in [0.1, 0.15) is 11.2 Å². The van der Waals surface area contributed by atoms with Crippen molar-refractivity contribution in [3.63, 3.8) is 0 Å². The summed E-state index contributed by atoms with van der Waals surface area (Å²) in [5.74, 6) is -0.669. The Hall–Kier alpha value is -4.26. The third kappa shape index (κ3) is 5.29. The molecule has 3 aromatic heterocycles. The van der Waals surface area contributed by atoms with Gasteiger partial charge in [0.2, 0.25) is 0 Å². The number of ketones is 1. The minimum absolute atomic E-state index is 0.00607. The fourth-order valence-electron chi connectivity index (χ4n) is 4.99. The molecule has 9 nitrogen and oxygen atoms in total. The van der Waals surface area contributed by atoms with E-state index in [4.69, 9.17) is 4.55 Å². The maximum absolute atomic E-state index is 14.0. The van der Waals surface area contributed by atoms with E-state index in [0.29, 0.717) is 38.9 Å². The second kappa shape index (κ2) is 10.6. The number of carbonyl (C=O) groups excluding carboxylic acids is 2. The Morgan fingerprint density at radius 3 is 2.59 bits per heavy atom. The summed E-state index contributed by atoms with van der Waals surface area (Å²) in [4.78, 5) is 31.3. The van der Waals surface area contributed by atoms with Crippen molar-refractivity contribution in [2.24, 2.45) is 0 Å². The fraction of sp³-hybridized carbons (Fsp3) is 0.138. The van der Waals surface area contributed by atoms with Crippen LogP contribution in [0.5, 0.6) is 0 Å². The van der Waals surface area contributed by atoms with Crippen LogP contribution in [0.15, 0.2) is 85.5 Å². The molecule has 6 rings (SSSR count). The van der Waals surface area contributed by atoms with E-state index in [1.165, 1.54) is 22.9 Å². The largest absolute Gasteiger partial charge is 0.336 e. The van der Waals surface area contributed by atoms with Crippen molar-refractivity contribution in [2.75, 3.05) is 12.3 Å². The van der Waals surface area contributed by atoms with Crippen LogP contribution in [0.25, 0.3) is 22.0 Å². The maximum atomic E-state index is 14.0. The number of pyridine rings is 1. The van der Waals surface area contributed by atoms with Crippen molar-refractivity contribution in [3.05, 3.63) is 114 Å². The first-order valence-electron chi connectivity index (χ1n) is 12.6. The van der Waals surface area contributed by atoms with Gasteiger partial charge in [0.05, 0.1) is 11.3 Å². The Morgan fingerprint density at radius 2 is 1.85 bits per heavy atom. The van der Waals surface area contributed by atoms with Crippen molar-refractivity contribution < 1.29 is 27.0 Å². The van der Waals surface area contributed by atoms with Gasteiger partial charge in [0, 0.05) is 64.9 Å². The average Bonchev–Trinajstić information content (AvgIpc) is 3.66. The van der Waals surface area contributed by atoms with Gasteiger partial charge in [-0.1, -0.05) is 30.3 Å². The molecule has 2 N–H and O–H groups in total. The predicted octanol–water partition coefficient (Wildman–Crippen LogP) is 5.11. The monoisotopic (exact) mass is 590 g/mol. The molecule has 0 bridgehead atoms. The molecule has 1 aliphatic rings. The van der Waals surface area contributed by atoms with Gasteiger partial charge in [-0.25, -0.2) is 9.18 Å². The molecule has 4 heterocycles.